The summed E-state index contributed by atoms with van der Waals surface area (Å²) in [5.41, 5.74) is -0.387. The Bertz CT molecular complexity index is 254. The lowest BCUT2D eigenvalue weighted by atomic mass is 10.1. The Balaban J connectivity index is 2.16. The van der Waals surface area contributed by atoms with Crippen LogP contribution in [0.4, 0.5) is 0 Å². The summed E-state index contributed by atoms with van der Waals surface area (Å²) in [6.45, 7) is 8.20. The van der Waals surface area contributed by atoms with Crippen molar-refractivity contribution in [2.45, 2.75) is 58.2 Å². The van der Waals surface area contributed by atoms with Gasteiger partial charge in [0.25, 0.3) is 0 Å². The topological polar surface area (TPSA) is 38.8 Å². The molecule has 18 heavy (non-hydrogen) atoms. The van der Waals surface area contributed by atoms with Gasteiger partial charge in [0.15, 0.2) is 0 Å². The first kappa shape index (κ1) is 15.4. The maximum Gasteiger partial charge on any atom is 0.307 e. The monoisotopic (exact) mass is 257 g/mol. The molecular formula is C14H27NO3. The molecule has 1 atom stereocenters. The lowest BCUT2D eigenvalue weighted by Gasteiger charge is -2.27. The highest BCUT2D eigenvalue weighted by molar-refractivity contribution is 5.70. The number of rotatable bonds is 5. The highest BCUT2D eigenvalue weighted by Crippen LogP contribution is 2.14. The van der Waals surface area contributed by atoms with Crippen molar-refractivity contribution in [3.63, 3.8) is 0 Å². The third kappa shape index (κ3) is 6.97. The Labute approximate surface area is 111 Å². The van der Waals surface area contributed by atoms with Gasteiger partial charge < -0.3 is 14.4 Å². The van der Waals surface area contributed by atoms with Crippen molar-refractivity contribution in [1.29, 1.82) is 0 Å². The van der Waals surface area contributed by atoms with E-state index in [9.17, 15) is 4.79 Å². The Kier molecular flexibility index (Phi) is 6.09. The third-order valence-corrected chi connectivity index (χ3v) is 2.91. The fraction of sp³-hybridized carbons (Fsp3) is 0.929. The van der Waals surface area contributed by atoms with Crippen molar-refractivity contribution in [3.8, 4) is 0 Å². The average Bonchev–Trinajstić information content (AvgIpc) is 2.25. The van der Waals surface area contributed by atoms with E-state index in [-0.39, 0.29) is 11.6 Å². The van der Waals surface area contributed by atoms with Gasteiger partial charge in [-0.1, -0.05) is 0 Å². The number of ether oxygens (including phenoxy) is 2. The Morgan fingerprint density at radius 1 is 1.39 bits per heavy atom. The van der Waals surface area contributed by atoms with Gasteiger partial charge in [-0.15, -0.1) is 0 Å². The van der Waals surface area contributed by atoms with E-state index in [4.69, 9.17) is 9.47 Å². The summed E-state index contributed by atoms with van der Waals surface area (Å²) in [7, 11) is 2.03. The van der Waals surface area contributed by atoms with Crippen LogP contribution in [0.5, 0.6) is 0 Å². The minimum atomic E-state index is -0.387. The van der Waals surface area contributed by atoms with Crippen molar-refractivity contribution >= 4 is 5.97 Å². The first-order valence-corrected chi connectivity index (χ1v) is 6.89. The fourth-order valence-corrected chi connectivity index (χ4v) is 2.06. The van der Waals surface area contributed by atoms with Crippen LogP contribution in [0.1, 0.15) is 46.5 Å². The van der Waals surface area contributed by atoms with E-state index in [0.717, 1.165) is 26.1 Å². The van der Waals surface area contributed by atoms with E-state index in [1.807, 2.05) is 27.8 Å². The van der Waals surface area contributed by atoms with Gasteiger partial charge >= 0.3 is 5.97 Å². The van der Waals surface area contributed by atoms with Crippen LogP contribution in [-0.2, 0) is 14.3 Å². The first-order chi connectivity index (χ1) is 8.37. The molecule has 1 aliphatic rings. The largest absolute Gasteiger partial charge is 0.460 e. The molecule has 0 saturated carbocycles. The molecule has 0 radical (unpaired) electrons. The number of hydrogen-bond acceptors (Lipinski definition) is 4. The van der Waals surface area contributed by atoms with Crippen LogP contribution >= 0.6 is 0 Å². The molecule has 0 aromatic heterocycles. The smallest absolute Gasteiger partial charge is 0.307 e. The summed E-state index contributed by atoms with van der Waals surface area (Å²) < 4.78 is 11.0. The maximum absolute atomic E-state index is 11.6. The van der Waals surface area contributed by atoms with Crippen molar-refractivity contribution in [3.05, 3.63) is 0 Å². The van der Waals surface area contributed by atoms with Crippen molar-refractivity contribution in [2.24, 2.45) is 0 Å². The quantitative estimate of drug-likeness (QED) is 0.708. The molecule has 0 amide bonds. The third-order valence-electron chi connectivity index (χ3n) is 2.91. The van der Waals surface area contributed by atoms with Crippen molar-refractivity contribution in [2.75, 3.05) is 26.7 Å². The molecule has 0 spiro atoms. The molecule has 1 saturated heterocycles. The average molecular weight is 257 g/mol. The summed E-state index contributed by atoms with van der Waals surface area (Å²) in [5, 5.41) is 0. The molecule has 0 N–H and O–H groups in total. The normalized spacial score (nSPS) is 21.1. The molecule has 0 aliphatic carbocycles. The summed E-state index contributed by atoms with van der Waals surface area (Å²) >= 11 is 0. The van der Waals surface area contributed by atoms with Crippen LogP contribution in [0.15, 0.2) is 0 Å². The van der Waals surface area contributed by atoms with Gasteiger partial charge in [-0.05, 0) is 47.1 Å². The molecule has 1 unspecified atom stereocenters. The molecular weight excluding hydrogens is 230 g/mol. The van der Waals surface area contributed by atoms with E-state index in [1.165, 1.54) is 12.8 Å². The van der Waals surface area contributed by atoms with Gasteiger partial charge in [0.1, 0.15) is 5.60 Å². The SMILES string of the molecule is CN(CCC(=O)OC(C)(C)C)CC1CCCCO1. The molecule has 0 bridgehead atoms. The van der Waals surface area contributed by atoms with E-state index < -0.39 is 0 Å². The molecule has 0 aromatic carbocycles. The van der Waals surface area contributed by atoms with E-state index in [2.05, 4.69) is 4.90 Å². The predicted molar refractivity (Wildman–Crippen MR) is 71.6 cm³/mol. The minimum Gasteiger partial charge on any atom is -0.460 e. The molecule has 106 valence electrons. The predicted octanol–water partition coefficient (Wildman–Crippen LogP) is 2.22. The van der Waals surface area contributed by atoms with Crippen LogP contribution in [-0.4, -0.2) is 49.3 Å². The van der Waals surface area contributed by atoms with Gasteiger partial charge in [0, 0.05) is 19.7 Å². The number of likely N-dealkylation sites (N-methyl/N-ethyl adjacent to an activating group) is 1. The van der Waals surface area contributed by atoms with E-state index in [0.29, 0.717) is 12.5 Å². The molecule has 1 rings (SSSR count). The van der Waals surface area contributed by atoms with Gasteiger partial charge in [-0.25, -0.2) is 0 Å². The zero-order valence-corrected chi connectivity index (χ0v) is 12.2. The summed E-state index contributed by atoms with van der Waals surface area (Å²) in [6.07, 6.45) is 4.35. The molecule has 1 fully saturated rings. The van der Waals surface area contributed by atoms with Crippen molar-refractivity contribution in [1.82, 2.24) is 4.90 Å². The minimum absolute atomic E-state index is 0.126. The van der Waals surface area contributed by atoms with Crippen LogP contribution in [0, 0.1) is 0 Å². The molecule has 1 aliphatic heterocycles. The molecule has 4 nitrogen and oxygen atoms in total. The van der Waals surface area contributed by atoms with Gasteiger partial charge in [0.05, 0.1) is 12.5 Å². The molecule has 1 heterocycles. The number of carbonyl (C=O) groups is 1. The zero-order chi connectivity index (χ0) is 13.6. The van der Waals surface area contributed by atoms with Crippen LogP contribution in [0.25, 0.3) is 0 Å². The zero-order valence-electron chi connectivity index (χ0n) is 12.2. The van der Waals surface area contributed by atoms with E-state index >= 15 is 0 Å². The first-order valence-electron chi connectivity index (χ1n) is 6.89. The lowest BCUT2D eigenvalue weighted by Crippen LogP contribution is -2.35. The Morgan fingerprint density at radius 2 is 2.11 bits per heavy atom. The Morgan fingerprint density at radius 3 is 2.67 bits per heavy atom. The van der Waals surface area contributed by atoms with Crippen LogP contribution in [0.2, 0.25) is 0 Å². The Hall–Kier alpha value is -0.610. The number of carbonyl (C=O) groups excluding carboxylic acids is 1. The number of esters is 1. The summed E-state index contributed by atoms with van der Waals surface area (Å²) in [6, 6.07) is 0. The standard InChI is InChI=1S/C14H27NO3/c1-14(2,3)18-13(16)8-9-15(4)11-12-7-5-6-10-17-12/h12H,5-11H2,1-4H3. The highest BCUT2D eigenvalue weighted by atomic mass is 16.6. The van der Waals surface area contributed by atoms with E-state index in [1.54, 1.807) is 0 Å². The number of hydrogen-bond donors (Lipinski definition) is 0. The maximum atomic E-state index is 11.6. The summed E-state index contributed by atoms with van der Waals surface area (Å²) in [4.78, 5) is 13.7. The van der Waals surface area contributed by atoms with Gasteiger partial charge in [-0.2, -0.15) is 0 Å². The number of nitrogens with zero attached hydrogens (tertiary/aromatic N) is 1. The lowest BCUT2D eigenvalue weighted by molar-refractivity contribution is -0.155. The van der Waals surface area contributed by atoms with Crippen LogP contribution < -0.4 is 0 Å². The van der Waals surface area contributed by atoms with Crippen molar-refractivity contribution < 1.29 is 14.3 Å². The second-order valence-corrected chi connectivity index (χ2v) is 6.09. The summed E-state index contributed by atoms with van der Waals surface area (Å²) in [5.74, 6) is -0.126. The fourth-order valence-electron chi connectivity index (χ4n) is 2.06. The van der Waals surface area contributed by atoms with Crippen LogP contribution in [0.3, 0.4) is 0 Å². The van der Waals surface area contributed by atoms with Gasteiger partial charge in [-0.3, -0.25) is 4.79 Å². The second-order valence-electron chi connectivity index (χ2n) is 6.09. The highest BCUT2D eigenvalue weighted by Gasteiger charge is 2.18. The molecule has 0 aromatic rings. The van der Waals surface area contributed by atoms with Gasteiger partial charge in [0.2, 0.25) is 0 Å². The second kappa shape index (κ2) is 7.10. The molecule has 4 heteroatoms.